The number of rotatable bonds is 14. The van der Waals surface area contributed by atoms with Gasteiger partial charge < -0.3 is 69.3 Å². The molecule has 4 aliphatic carbocycles. The van der Waals surface area contributed by atoms with E-state index >= 15 is 0 Å². The Morgan fingerprint density at radius 1 is 0.750 bits per heavy atom. The first-order valence-electron chi connectivity index (χ1n) is 20.8. The fraction of sp³-hybridized carbons (Fsp3) is 0.905. The van der Waals surface area contributed by atoms with Gasteiger partial charge in [0.1, 0.15) is 54.9 Å². The summed E-state index contributed by atoms with van der Waals surface area (Å²) in [6, 6.07) is 0. The normalized spacial score (nSPS) is 47.6. The molecule has 0 radical (unpaired) electrons. The Morgan fingerprint density at radius 3 is 1.88 bits per heavy atom. The van der Waals surface area contributed by atoms with Crippen molar-refractivity contribution in [1.29, 1.82) is 0 Å². The molecule has 56 heavy (non-hydrogen) atoms. The number of hydrogen-bond donors (Lipinski definition) is 8. The molecule has 6 rings (SSSR count). The number of hydrogen-bond acceptors (Lipinski definition) is 14. The molecule has 5 fully saturated rings. The van der Waals surface area contributed by atoms with Gasteiger partial charge in [-0.15, -0.1) is 0 Å². The van der Waals surface area contributed by atoms with Crippen LogP contribution >= 0.6 is 0 Å². The van der Waals surface area contributed by atoms with Crippen LogP contribution in [0.3, 0.4) is 0 Å². The van der Waals surface area contributed by atoms with E-state index in [9.17, 15) is 40.9 Å². The second-order valence-electron chi connectivity index (χ2n) is 18.7. The van der Waals surface area contributed by atoms with Crippen molar-refractivity contribution in [2.45, 2.75) is 166 Å². The summed E-state index contributed by atoms with van der Waals surface area (Å²) in [7, 11) is 2.84. The van der Waals surface area contributed by atoms with Crippen LogP contribution in [0.15, 0.2) is 23.3 Å². The van der Waals surface area contributed by atoms with Gasteiger partial charge in [-0.25, -0.2) is 0 Å². The van der Waals surface area contributed by atoms with E-state index in [4.69, 9.17) is 28.4 Å². The van der Waals surface area contributed by atoms with Gasteiger partial charge in [0.2, 0.25) is 0 Å². The number of aliphatic hydroxyl groups is 8. The summed E-state index contributed by atoms with van der Waals surface area (Å²) in [5, 5.41) is 88.9. The molecule has 2 saturated heterocycles. The molecule has 0 spiro atoms. The Balaban J connectivity index is 1.42. The van der Waals surface area contributed by atoms with Crippen molar-refractivity contribution in [3.8, 4) is 0 Å². The number of ether oxygens (including phenoxy) is 6. The average molecular weight is 799 g/mol. The maximum atomic E-state index is 12.4. The maximum absolute atomic E-state index is 12.4. The predicted molar refractivity (Wildman–Crippen MR) is 203 cm³/mol. The zero-order valence-electron chi connectivity index (χ0n) is 34.4. The number of methoxy groups -OCH3 is 2. The summed E-state index contributed by atoms with van der Waals surface area (Å²) in [5.41, 5.74) is 1.11. The van der Waals surface area contributed by atoms with Crippen LogP contribution in [0.2, 0.25) is 0 Å². The van der Waals surface area contributed by atoms with Crippen LogP contribution in [0.5, 0.6) is 0 Å². The summed E-state index contributed by atoms with van der Waals surface area (Å²) in [5.74, 6) is 0.224. The minimum absolute atomic E-state index is 0.0154. The molecule has 0 aromatic heterocycles. The molecule has 8 N–H and O–H groups in total. The molecule has 14 nitrogen and oxygen atoms in total. The molecular formula is C42H70O14. The lowest BCUT2D eigenvalue weighted by molar-refractivity contribution is -0.236. The van der Waals surface area contributed by atoms with E-state index in [1.165, 1.54) is 14.2 Å². The van der Waals surface area contributed by atoms with Crippen LogP contribution in [0, 0.1) is 46.3 Å². The Kier molecular flexibility index (Phi) is 13.9. The van der Waals surface area contributed by atoms with Crippen molar-refractivity contribution in [3.05, 3.63) is 23.3 Å². The van der Waals surface area contributed by atoms with Gasteiger partial charge in [0.15, 0.2) is 12.6 Å². The average Bonchev–Trinajstić information content (AvgIpc) is 3.72. The van der Waals surface area contributed by atoms with Gasteiger partial charge in [-0.2, -0.15) is 0 Å². The molecule has 322 valence electrons. The highest BCUT2D eigenvalue weighted by Crippen LogP contribution is 2.67. The first-order chi connectivity index (χ1) is 26.4. The van der Waals surface area contributed by atoms with Gasteiger partial charge in [0.05, 0.1) is 31.5 Å². The molecule has 2 aliphatic heterocycles. The van der Waals surface area contributed by atoms with E-state index in [2.05, 4.69) is 53.7 Å². The highest BCUT2D eigenvalue weighted by molar-refractivity contribution is 5.40. The lowest BCUT2D eigenvalue weighted by atomic mass is 9.47. The summed E-state index contributed by atoms with van der Waals surface area (Å²) in [6.07, 6.45) is -8.14. The van der Waals surface area contributed by atoms with Crippen LogP contribution in [-0.4, -0.2) is 154 Å². The van der Waals surface area contributed by atoms with E-state index < -0.39 is 91.2 Å². The minimum Gasteiger partial charge on any atom is -0.393 e. The fourth-order valence-corrected chi connectivity index (χ4v) is 11.5. The number of allylic oxidation sites excluding steroid dienone is 2. The highest BCUT2D eigenvalue weighted by atomic mass is 16.7. The number of fused-ring (bicyclic) bond motifs is 4. The highest BCUT2D eigenvalue weighted by Gasteiger charge is 2.64. The first-order valence-corrected chi connectivity index (χ1v) is 20.8. The lowest BCUT2D eigenvalue weighted by Crippen LogP contribution is -2.60. The van der Waals surface area contributed by atoms with Crippen LogP contribution in [0.25, 0.3) is 0 Å². The van der Waals surface area contributed by atoms with Crippen LogP contribution in [-0.2, 0) is 28.4 Å². The molecule has 0 aromatic carbocycles. The first kappa shape index (κ1) is 44.5. The molecule has 21 atom stereocenters. The standard InChI is InChI=1S/C42H70O14/c1-19(2)20(3)9-10-21(4)30-28(53-39-34(49)32(47)36(54-39)26(44)17-51-7)16-24-29-23(12-14-42(24,30)6)41(5)13-11-22(43)15-25(41)31(46)38(29)56-40-35(50)33(48)37(55-40)27(45)18-52-8/h9-10,19-23,25-28,30-40,43-50H,11-18H2,1-8H3/b10-9+/t20-,21-,22-,23+,25-,26?,27?,28-,30+,31+,32-,33-,34-,35-,36+,37+,38-,39-,40+,41-,42+/m1/s1. The monoisotopic (exact) mass is 798 g/mol. The van der Waals surface area contributed by atoms with E-state index in [1.54, 1.807) is 0 Å². The Bertz CT molecular complexity index is 1390. The van der Waals surface area contributed by atoms with E-state index in [0.717, 1.165) is 24.0 Å². The molecule has 0 aromatic rings. The third kappa shape index (κ3) is 7.95. The van der Waals surface area contributed by atoms with Gasteiger partial charge in [-0.3, -0.25) is 0 Å². The van der Waals surface area contributed by atoms with Crippen molar-refractivity contribution >= 4 is 0 Å². The second-order valence-corrected chi connectivity index (χ2v) is 18.7. The molecule has 2 heterocycles. The second kappa shape index (κ2) is 17.5. The molecular weight excluding hydrogens is 728 g/mol. The zero-order chi connectivity index (χ0) is 41.0. The quantitative estimate of drug-likeness (QED) is 0.117. The molecule has 14 heteroatoms. The molecule has 0 amide bonds. The van der Waals surface area contributed by atoms with Gasteiger partial charge in [-0.05, 0) is 84.5 Å². The third-order valence-corrected chi connectivity index (χ3v) is 15.0. The van der Waals surface area contributed by atoms with Gasteiger partial charge in [0.25, 0.3) is 0 Å². The lowest BCUT2D eigenvalue weighted by Gasteiger charge is -2.60. The van der Waals surface area contributed by atoms with Crippen LogP contribution in [0.4, 0.5) is 0 Å². The molecule has 0 bridgehead atoms. The van der Waals surface area contributed by atoms with Gasteiger partial charge in [-0.1, -0.05) is 59.3 Å². The van der Waals surface area contributed by atoms with Gasteiger partial charge in [0, 0.05) is 20.1 Å². The smallest absolute Gasteiger partial charge is 0.187 e. The molecule has 3 saturated carbocycles. The van der Waals surface area contributed by atoms with Crippen molar-refractivity contribution in [3.63, 3.8) is 0 Å². The third-order valence-electron chi connectivity index (χ3n) is 15.0. The van der Waals surface area contributed by atoms with E-state index in [0.29, 0.717) is 37.5 Å². The predicted octanol–water partition coefficient (Wildman–Crippen LogP) is 1.42. The van der Waals surface area contributed by atoms with Crippen molar-refractivity contribution in [2.75, 3.05) is 27.4 Å². The summed E-state index contributed by atoms with van der Waals surface area (Å²) in [4.78, 5) is 0. The maximum Gasteiger partial charge on any atom is 0.187 e. The van der Waals surface area contributed by atoms with Gasteiger partial charge >= 0.3 is 0 Å². The Hall–Kier alpha value is -1.08. The van der Waals surface area contributed by atoms with Crippen molar-refractivity contribution in [2.24, 2.45) is 46.3 Å². The Morgan fingerprint density at radius 2 is 1.32 bits per heavy atom. The largest absolute Gasteiger partial charge is 0.393 e. The fourth-order valence-electron chi connectivity index (χ4n) is 11.5. The van der Waals surface area contributed by atoms with Crippen LogP contribution < -0.4 is 0 Å². The Labute approximate surface area is 331 Å². The van der Waals surface area contributed by atoms with Crippen molar-refractivity contribution < 1.29 is 69.3 Å². The molecule has 2 unspecified atom stereocenters. The van der Waals surface area contributed by atoms with Crippen LogP contribution in [0.1, 0.15) is 80.1 Å². The SMILES string of the molecule is COCC(O)[C@@H]1O[C@@H](O[C@@H]2C3=C4C[C@@H](O[C@@H]5O[C@@H](C(O)COC)[C@H](O)[C@H]5O)[C@H]([C@H](C)/C=C/[C@@H](C)C(C)C)[C@@]4(C)CC[C@@H]3[C@@]3(C)CC[C@@H](O)C[C@@H]3[C@@H]2O)[C@H](O)[C@H]1O. The van der Waals surface area contributed by atoms with E-state index in [1.807, 2.05) is 0 Å². The topological polar surface area (TPSA) is 217 Å². The minimum atomic E-state index is -1.52. The number of aliphatic hydroxyl groups excluding tert-OH is 8. The summed E-state index contributed by atoms with van der Waals surface area (Å²) in [6.45, 7) is 12.9. The van der Waals surface area contributed by atoms with Crippen molar-refractivity contribution in [1.82, 2.24) is 0 Å². The zero-order valence-corrected chi connectivity index (χ0v) is 34.4. The molecule has 6 aliphatic rings. The van der Waals surface area contributed by atoms with E-state index in [-0.39, 0.29) is 42.3 Å². The summed E-state index contributed by atoms with van der Waals surface area (Å²) < 4.78 is 35.6. The summed E-state index contributed by atoms with van der Waals surface area (Å²) >= 11 is 0.